The van der Waals surface area contributed by atoms with Crippen LogP contribution in [0.5, 0.6) is 11.5 Å². The number of hydrogen-bond donors (Lipinski definition) is 0. The number of hydrogen-bond acceptors (Lipinski definition) is 4. The van der Waals surface area contributed by atoms with Crippen molar-refractivity contribution < 1.29 is 14.3 Å². The number of carbonyl (C=O) groups excluding carboxylic acids is 1. The van der Waals surface area contributed by atoms with E-state index in [0.29, 0.717) is 19.6 Å². The van der Waals surface area contributed by atoms with Gasteiger partial charge in [-0.05, 0) is 49.6 Å². The summed E-state index contributed by atoms with van der Waals surface area (Å²) < 4.78 is 13.4. The number of rotatable bonds is 7. The van der Waals surface area contributed by atoms with Crippen LogP contribution in [-0.4, -0.2) is 41.4 Å². The van der Waals surface area contributed by atoms with E-state index in [1.165, 1.54) is 10.5 Å². The molecular weight excluding hydrogens is 444 g/mol. The van der Waals surface area contributed by atoms with Gasteiger partial charge in [0.1, 0.15) is 0 Å². The maximum atomic E-state index is 14.0. The number of para-hydroxylation sites is 1. The zero-order valence-electron chi connectivity index (χ0n) is 20.0. The Labute approximate surface area is 205 Å². The first-order valence-corrected chi connectivity index (χ1v) is 12.9. The van der Waals surface area contributed by atoms with Crippen LogP contribution < -0.4 is 9.47 Å². The molecule has 0 radical (unpaired) electrons. The summed E-state index contributed by atoms with van der Waals surface area (Å²) in [5, 5.41) is 1.01. The van der Waals surface area contributed by atoms with E-state index in [9.17, 15) is 4.79 Å². The fourth-order valence-electron chi connectivity index (χ4n) is 4.87. The lowest BCUT2D eigenvalue weighted by Crippen LogP contribution is -2.34. The first-order chi connectivity index (χ1) is 16.6. The lowest BCUT2D eigenvalue weighted by Gasteiger charge is -2.30. The van der Waals surface area contributed by atoms with Crippen molar-refractivity contribution in [1.82, 2.24) is 9.47 Å². The second-order valence-corrected chi connectivity index (χ2v) is 9.57. The number of benzene rings is 2. The van der Waals surface area contributed by atoms with Crippen molar-refractivity contribution in [2.45, 2.75) is 33.2 Å². The van der Waals surface area contributed by atoms with Crippen molar-refractivity contribution in [2.24, 2.45) is 0 Å². The Morgan fingerprint density at radius 1 is 1.12 bits per heavy atom. The van der Waals surface area contributed by atoms with Crippen molar-refractivity contribution in [2.75, 3.05) is 26.0 Å². The number of nitrogens with zero attached hydrogens (tertiary/aromatic N) is 2. The average molecular weight is 475 g/mol. The zero-order chi connectivity index (χ0) is 23.7. The van der Waals surface area contributed by atoms with Crippen LogP contribution in [0.15, 0.2) is 70.9 Å². The molecule has 2 aliphatic rings. The van der Waals surface area contributed by atoms with Gasteiger partial charge in [0, 0.05) is 53.0 Å². The summed E-state index contributed by atoms with van der Waals surface area (Å²) in [5.74, 6) is 2.59. The number of methoxy groups -OCH3 is 1. The largest absolute Gasteiger partial charge is 0.493 e. The van der Waals surface area contributed by atoms with Gasteiger partial charge in [0.25, 0.3) is 5.91 Å². The van der Waals surface area contributed by atoms with Crippen molar-refractivity contribution >= 4 is 28.6 Å². The highest BCUT2D eigenvalue weighted by atomic mass is 32.2. The molecule has 176 valence electrons. The van der Waals surface area contributed by atoms with Crippen LogP contribution in [-0.2, 0) is 13.0 Å². The van der Waals surface area contributed by atoms with Gasteiger partial charge >= 0.3 is 0 Å². The Hall–Kier alpha value is -3.12. The Morgan fingerprint density at radius 3 is 2.76 bits per heavy atom. The number of aromatic nitrogens is 1. The molecule has 34 heavy (non-hydrogen) atoms. The Morgan fingerprint density at radius 2 is 1.97 bits per heavy atom. The zero-order valence-corrected chi connectivity index (χ0v) is 20.8. The predicted molar refractivity (Wildman–Crippen MR) is 139 cm³/mol. The molecule has 5 rings (SSSR count). The highest BCUT2D eigenvalue weighted by Gasteiger charge is 2.31. The van der Waals surface area contributed by atoms with E-state index in [-0.39, 0.29) is 5.91 Å². The summed E-state index contributed by atoms with van der Waals surface area (Å²) in [6.07, 6.45) is 5.97. The molecule has 0 aliphatic carbocycles. The summed E-state index contributed by atoms with van der Waals surface area (Å²) in [7, 11) is 1.66. The lowest BCUT2D eigenvalue weighted by atomic mass is 10.0. The Kier molecular flexibility index (Phi) is 6.42. The number of allylic oxidation sites excluding steroid dienone is 2. The molecule has 3 heterocycles. The first-order valence-electron chi connectivity index (χ1n) is 11.9. The molecule has 5 nitrogen and oxygen atoms in total. The summed E-state index contributed by atoms with van der Waals surface area (Å²) in [4.78, 5) is 17.2. The third-order valence-electron chi connectivity index (χ3n) is 6.52. The molecule has 0 atom stereocenters. The van der Waals surface area contributed by atoms with Crippen LogP contribution in [0.4, 0.5) is 0 Å². The van der Waals surface area contributed by atoms with Crippen molar-refractivity contribution in [3.05, 3.63) is 82.0 Å². The van der Waals surface area contributed by atoms with Crippen molar-refractivity contribution in [3.63, 3.8) is 0 Å². The fraction of sp³-hybridized carbons (Fsp3) is 0.321. The molecule has 1 amide bonds. The van der Waals surface area contributed by atoms with Gasteiger partial charge in [-0.15, -0.1) is 11.8 Å². The minimum atomic E-state index is 0.0623. The van der Waals surface area contributed by atoms with Gasteiger partial charge in [0.05, 0.1) is 19.3 Å². The Balaban J connectivity index is 1.54. The van der Waals surface area contributed by atoms with E-state index in [1.807, 2.05) is 54.0 Å². The fourth-order valence-corrected chi connectivity index (χ4v) is 6.11. The summed E-state index contributed by atoms with van der Waals surface area (Å²) in [5.41, 5.74) is 5.43. The number of aryl methyl sites for hydroxylation is 1. The molecule has 0 saturated carbocycles. The van der Waals surface area contributed by atoms with E-state index < -0.39 is 0 Å². The number of thioether (sulfide) groups is 1. The van der Waals surface area contributed by atoms with Gasteiger partial charge in [-0.1, -0.05) is 30.3 Å². The number of ether oxygens (including phenoxy) is 2. The maximum Gasteiger partial charge on any atom is 0.260 e. The number of amides is 1. The average Bonchev–Trinajstić information content (AvgIpc) is 3.49. The molecule has 0 unspecified atom stereocenters. The first kappa shape index (κ1) is 22.7. The van der Waals surface area contributed by atoms with E-state index >= 15 is 0 Å². The molecule has 0 spiro atoms. The normalized spacial score (nSPS) is 15.5. The van der Waals surface area contributed by atoms with Crippen molar-refractivity contribution in [3.8, 4) is 11.5 Å². The molecule has 3 aromatic rings. The van der Waals surface area contributed by atoms with Gasteiger partial charge in [-0.25, -0.2) is 0 Å². The van der Waals surface area contributed by atoms with E-state index in [1.54, 1.807) is 7.11 Å². The van der Waals surface area contributed by atoms with Gasteiger partial charge in [0.15, 0.2) is 11.5 Å². The molecule has 1 aromatic heterocycles. The quantitative estimate of drug-likeness (QED) is 0.419. The van der Waals surface area contributed by atoms with Crippen LogP contribution in [0.1, 0.15) is 36.2 Å². The van der Waals surface area contributed by atoms with Crippen molar-refractivity contribution in [1.29, 1.82) is 0 Å². The second kappa shape index (κ2) is 9.63. The molecule has 1 saturated heterocycles. The highest BCUT2D eigenvalue weighted by Crippen LogP contribution is 2.43. The molecule has 2 aliphatic heterocycles. The third-order valence-corrected chi connectivity index (χ3v) is 7.72. The summed E-state index contributed by atoms with van der Waals surface area (Å²) in [6, 6.07) is 14.2. The third kappa shape index (κ3) is 4.00. The SMILES string of the molecule is CCOc1cc(CC2=C3SCCC3=CCN2C(=O)c2cn(CC)c3ccccc23)ccc1OC. The van der Waals surface area contributed by atoms with Crippen LogP contribution in [0, 0.1) is 0 Å². The minimum Gasteiger partial charge on any atom is -0.493 e. The summed E-state index contributed by atoms with van der Waals surface area (Å²) in [6.45, 7) is 6.08. The van der Waals surface area contributed by atoms with Crippen LogP contribution in [0.3, 0.4) is 0 Å². The van der Waals surface area contributed by atoms with E-state index in [2.05, 4.69) is 35.8 Å². The molecule has 0 N–H and O–H groups in total. The monoisotopic (exact) mass is 474 g/mol. The molecule has 0 bridgehead atoms. The standard InChI is InChI=1S/C28H30N2O3S/c1-4-29-18-22(21-8-6-7-9-23(21)29)28(31)30-14-12-20-13-15-34-27(20)24(30)16-19-10-11-25(32-3)26(17-19)33-5-2/h6-12,17-18H,4-5,13-16H2,1-3H3. The van der Waals surface area contributed by atoms with Crippen LogP contribution in [0.2, 0.25) is 0 Å². The van der Waals surface area contributed by atoms with E-state index in [4.69, 9.17) is 9.47 Å². The second-order valence-electron chi connectivity index (χ2n) is 8.46. The molecule has 6 heteroatoms. The smallest absolute Gasteiger partial charge is 0.260 e. The molecule has 1 fully saturated rings. The molecular formula is C28H30N2O3S. The minimum absolute atomic E-state index is 0.0623. The highest BCUT2D eigenvalue weighted by molar-refractivity contribution is 8.03. The van der Waals surface area contributed by atoms with E-state index in [0.717, 1.165) is 57.9 Å². The van der Waals surface area contributed by atoms with Gasteiger partial charge in [0.2, 0.25) is 0 Å². The van der Waals surface area contributed by atoms with Crippen LogP contribution in [0.25, 0.3) is 10.9 Å². The van der Waals surface area contributed by atoms with Gasteiger partial charge < -0.3 is 18.9 Å². The Bertz CT molecular complexity index is 1300. The molecule has 2 aromatic carbocycles. The maximum absolute atomic E-state index is 14.0. The topological polar surface area (TPSA) is 43.7 Å². The summed E-state index contributed by atoms with van der Waals surface area (Å²) >= 11 is 1.86. The number of carbonyl (C=O) groups is 1. The predicted octanol–water partition coefficient (Wildman–Crippen LogP) is 6.04. The van der Waals surface area contributed by atoms with Gasteiger partial charge in [-0.2, -0.15) is 0 Å². The number of fused-ring (bicyclic) bond motifs is 2. The van der Waals surface area contributed by atoms with Crippen LogP contribution >= 0.6 is 11.8 Å². The van der Waals surface area contributed by atoms with Gasteiger partial charge in [-0.3, -0.25) is 4.79 Å². The lowest BCUT2D eigenvalue weighted by molar-refractivity contribution is 0.0816.